The van der Waals surface area contributed by atoms with Crippen molar-refractivity contribution in [3.63, 3.8) is 0 Å². The van der Waals surface area contributed by atoms with E-state index in [0.717, 1.165) is 12.8 Å². The van der Waals surface area contributed by atoms with Crippen LogP contribution in [0, 0.1) is 0 Å². The molecule has 1 aliphatic heterocycles. The predicted molar refractivity (Wildman–Crippen MR) is 95.8 cm³/mol. The van der Waals surface area contributed by atoms with Gasteiger partial charge in [0.2, 0.25) is 5.91 Å². The van der Waals surface area contributed by atoms with E-state index in [1.807, 2.05) is 6.92 Å². The second-order valence-electron chi connectivity index (χ2n) is 6.37. The molecule has 26 heavy (non-hydrogen) atoms. The lowest BCUT2D eigenvalue weighted by atomic mass is 9.72. The summed E-state index contributed by atoms with van der Waals surface area (Å²) in [5.74, 6) is -1.25. The molecule has 1 unspecified atom stereocenters. The maximum Gasteiger partial charge on any atom is 0.547 e. The molecule has 0 bridgehead atoms. The number of esters is 1. The number of unbranched alkanes of at least 4 members (excludes halogenated alkanes) is 1. The predicted octanol–water partition coefficient (Wildman–Crippen LogP) is 1.45. The molecule has 0 saturated heterocycles. The van der Waals surface area contributed by atoms with Gasteiger partial charge in [0.25, 0.3) is 0 Å². The second kappa shape index (κ2) is 9.38. The molecule has 0 aliphatic carbocycles. The molecule has 8 heteroatoms. The first-order valence-corrected chi connectivity index (χ1v) is 8.85. The van der Waals surface area contributed by atoms with Gasteiger partial charge in [-0.05, 0) is 31.4 Å². The van der Waals surface area contributed by atoms with Crippen LogP contribution in [0.5, 0.6) is 5.75 Å². The highest BCUT2D eigenvalue weighted by Crippen LogP contribution is 2.30. The van der Waals surface area contributed by atoms with E-state index in [1.165, 1.54) is 6.92 Å². The third kappa shape index (κ3) is 5.32. The zero-order chi connectivity index (χ0) is 19.1. The van der Waals surface area contributed by atoms with Crippen LogP contribution in [0.4, 0.5) is 0 Å². The topological polar surface area (TPSA) is 102 Å². The molecule has 1 amide bonds. The van der Waals surface area contributed by atoms with Crippen LogP contribution in [-0.4, -0.2) is 42.4 Å². The summed E-state index contributed by atoms with van der Waals surface area (Å²) in [6.45, 7) is 3.75. The first-order valence-electron chi connectivity index (χ1n) is 8.85. The Kier molecular flexibility index (Phi) is 7.21. The molecule has 0 spiro atoms. The van der Waals surface area contributed by atoms with Crippen molar-refractivity contribution in [1.82, 2.24) is 5.32 Å². The SMILES string of the molecule is CCCCOC(=O)c1cccc2c1OB(O)C(NC(=O)CCC(C)=O)C2. The molecule has 1 atom stereocenters. The van der Waals surface area contributed by atoms with E-state index < -0.39 is 19.0 Å². The normalized spacial score (nSPS) is 15.7. The maximum absolute atomic E-state index is 12.2. The number of para-hydroxylation sites is 1. The second-order valence-corrected chi connectivity index (χ2v) is 6.37. The number of amides is 1. The summed E-state index contributed by atoms with van der Waals surface area (Å²) in [6, 6.07) is 5.08. The Morgan fingerprint density at radius 1 is 1.35 bits per heavy atom. The van der Waals surface area contributed by atoms with Crippen LogP contribution in [0.15, 0.2) is 18.2 Å². The lowest BCUT2D eigenvalue weighted by Gasteiger charge is -2.29. The van der Waals surface area contributed by atoms with Gasteiger partial charge in [0.05, 0.1) is 12.5 Å². The first-order chi connectivity index (χ1) is 12.4. The summed E-state index contributed by atoms with van der Waals surface area (Å²) < 4.78 is 10.7. The minimum atomic E-state index is -1.28. The summed E-state index contributed by atoms with van der Waals surface area (Å²) in [4.78, 5) is 35.1. The average Bonchev–Trinajstić information content (AvgIpc) is 2.60. The number of hydrogen-bond donors (Lipinski definition) is 2. The van der Waals surface area contributed by atoms with Gasteiger partial charge in [-0.15, -0.1) is 0 Å². The van der Waals surface area contributed by atoms with E-state index in [-0.39, 0.29) is 35.8 Å². The van der Waals surface area contributed by atoms with E-state index in [9.17, 15) is 19.4 Å². The first kappa shape index (κ1) is 20.0. The molecule has 140 valence electrons. The van der Waals surface area contributed by atoms with Crippen LogP contribution >= 0.6 is 0 Å². The number of rotatable bonds is 8. The number of carbonyl (C=O) groups is 3. The summed E-state index contributed by atoms with van der Waals surface area (Å²) in [7, 11) is -1.28. The quantitative estimate of drug-likeness (QED) is 0.413. The van der Waals surface area contributed by atoms with Crippen molar-refractivity contribution in [2.75, 3.05) is 6.61 Å². The van der Waals surface area contributed by atoms with Crippen molar-refractivity contribution >= 4 is 24.8 Å². The maximum atomic E-state index is 12.2. The number of hydrogen-bond acceptors (Lipinski definition) is 6. The Labute approximate surface area is 153 Å². The van der Waals surface area contributed by atoms with Crippen molar-refractivity contribution in [3.05, 3.63) is 29.3 Å². The Hall–Kier alpha value is -2.35. The molecule has 0 saturated carbocycles. The van der Waals surface area contributed by atoms with E-state index in [4.69, 9.17) is 9.39 Å². The van der Waals surface area contributed by atoms with Gasteiger partial charge in [-0.1, -0.05) is 25.5 Å². The fourth-order valence-corrected chi connectivity index (χ4v) is 2.66. The van der Waals surface area contributed by atoms with Crippen LogP contribution in [0.2, 0.25) is 0 Å². The van der Waals surface area contributed by atoms with Crippen molar-refractivity contribution in [2.24, 2.45) is 0 Å². The number of ketones is 1. The van der Waals surface area contributed by atoms with Gasteiger partial charge in [-0.3, -0.25) is 4.79 Å². The third-order valence-corrected chi connectivity index (χ3v) is 4.12. The van der Waals surface area contributed by atoms with Crippen LogP contribution in [-0.2, 0) is 20.7 Å². The van der Waals surface area contributed by atoms with Gasteiger partial charge in [-0.2, -0.15) is 0 Å². The molecule has 0 aromatic heterocycles. The molecule has 2 N–H and O–H groups in total. The van der Waals surface area contributed by atoms with E-state index in [0.29, 0.717) is 18.6 Å². The number of carbonyl (C=O) groups excluding carboxylic acids is 3. The Morgan fingerprint density at radius 2 is 2.12 bits per heavy atom. The van der Waals surface area contributed by atoms with Gasteiger partial charge >= 0.3 is 13.1 Å². The Balaban J connectivity index is 2.05. The molecule has 1 heterocycles. The molecule has 0 radical (unpaired) electrons. The van der Waals surface area contributed by atoms with Crippen molar-refractivity contribution < 1.29 is 28.8 Å². The Bertz CT molecular complexity index is 678. The fourth-order valence-electron chi connectivity index (χ4n) is 2.66. The van der Waals surface area contributed by atoms with Crippen LogP contribution in [0.3, 0.4) is 0 Å². The monoisotopic (exact) mass is 361 g/mol. The zero-order valence-electron chi connectivity index (χ0n) is 15.1. The zero-order valence-corrected chi connectivity index (χ0v) is 15.1. The van der Waals surface area contributed by atoms with E-state index >= 15 is 0 Å². The third-order valence-electron chi connectivity index (χ3n) is 4.12. The summed E-state index contributed by atoms with van der Waals surface area (Å²) in [5.41, 5.74) is 0.969. The largest absolute Gasteiger partial charge is 0.547 e. The van der Waals surface area contributed by atoms with Crippen molar-refractivity contribution in [1.29, 1.82) is 0 Å². The molecule has 1 aromatic rings. The van der Waals surface area contributed by atoms with E-state index in [2.05, 4.69) is 5.32 Å². The van der Waals surface area contributed by atoms with Crippen LogP contribution in [0.1, 0.15) is 55.5 Å². The minimum absolute atomic E-state index is 0.0647. The number of fused-ring (bicyclic) bond motifs is 1. The molecular formula is C18H24BNO6. The smallest absolute Gasteiger partial charge is 0.534 e. The highest BCUT2D eigenvalue weighted by Gasteiger charge is 2.37. The molecule has 2 rings (SSSR count). The van der Waals surface area contributed by atoms with Gasteiger partial charge in [0, 0.05) is 12.8 Å². The number of Topliss-reactive ketones (excluding diaryl/α,β-unsaturated/α-hetero) is 1. The lowest BCUT2D eigenvalue weighted by Crippen LogP contribution is -2.53. The Morgan fingerprint density at radius 3 is 2.81 bits per heavy atom. The van der Waals surface area contributed by atoms with Gasteiger partial charge in [0.1, 0.15) is 17.1 Å². The lowest BCUT2D eigenvalue weighted by molar-refractivity contribution is -0.124. The number of nitrogens with one attached hydrogen (secondary N) is 1. The van der Waals surface area contributed by atoms with Gasteiger partial charge < -0.3 is 24.5 Å². The number of benzene rings is 1. The molecule has 1 aliphatic rings. The highest BCUT2D eigenvalue weighted by atomic mass is 16.5. The van der Waals surface area contributed by atoms with Crippen molar-refractivity contribution in [3.8, 4) is 5.75 Å². The van der Waals surface area contributed by atoms with Gasteiger partial charge in [-0.25, -0.2) is 4.79 Å². The van der Waals surface area contributed by atoms with Crippen LogP contribution in [0.25, 0.3) is 0 Å². The fraction of sp³-hybridized carbons (Fsp3) is 0.500. The van der Waals surface area contributed by atoms with Gasteiger partial charge in [0.15, 0.2) is 0 Å². The molecule has 0 fully saturated rings. The average molecular weight is 361 g/mol. The highest BCUT2D eigenvalue weighted by molar-refractivity contribution is 6.47. The molecule has 7 nitrogen and oxygen atoms in total. The van der Waals surface area contributed by atoms with Crippen molar-refractivity contribution in [2.45, 2.75) is 51.9 Å². The van der Waals surface area contributed by atoms with Crippen LogP contribution < -0.4 is 9.97 Å². The molecule has 1 aromatic carbocycles. The number of ether oxygens (including phenoxy) is 1. The summed E-state index contributed by atoms with van der Waals surface area (Å²) in [5, 5.41) is 12.9. The summed E-state index contributed by atoms with van der Waals surface area (Å²) in [6.07, 6.45) is 2.23. The van der Waals surface area contributed by atoms with E-state index in [1.54, 1.807) is 18.2 Å². The standard InChI is InChI=1S/C18H24BNO6/c1-3-4-10-25-18(23)14-7-5-6-13-11-15(19(24)26-17(13)14)20-16(22)9-8-12(2)21/h5-7,15,24H,3-4,8-11H2,1-2H3,(H,20,22). The minimum Gasteiger partial charge on any atom is -0.534 e. The summed E-state index contributed by atoms with van der Waals surface area (Å²) >= 11 is 0. The molecular weight excluding hydrogens is 337 g/mol.